The Morgan fingerprint density at radius 2 is 1.90 bits per heavy atom. The summed E-state index contributed by atoms with van der Waals surface area (Å²) in [5, 5.41) is 8.27. The molecule has 0 saturated carbocycles. The van der Waals surface area contributed by atoms with E-state index in [0.717, 1.165) is 16.6 Å². The van der Waals surface area contributed by atoms with Gasteiger partial charge in [0.2, 0.25) is 0 Å². The number of benzene rings is 1. The van der Waals surface area contributed by atoms with Crippen LogP contribution in [0.3, 0.4) is 0 Å². The molecule has 3 N–H and O–H groups in total. The molecule has 0 fully saturated rings. The van der Waals surface area contributed by atoms with Crippen molar-refractivity contribution in [2.75, 3.05) is 6.54 Å². The predicted octanol–water partition coefficient (Wildman–Crippen LogP) is 4.07. The Balaban J connectivity index is 0.00000210. The first-order valence-corrected chi connectivity index (χ1v) is 9.34. The van der Waals surface area contributed by atoms with E-state index in [1.807, 2.05) is 54.9 Å². The van der Waals surface area contributed by atoms with Crippen molar-refractivity contribution in [3.05, 3.63) is 48.2 Å². The first kappa shape index (κ1) is 24.9. The van der Waals surface area contributed by atoms with Crippen molar-refractivity contribution in [1.82, 2.24) is 20.1 Å². The van der Waals surface area contributed by atoms with Gasteiger partial charge in [-0.1, -0.05) is 44.2 Å². The van der Waals surface area contributed by atoms with Gasteiger partial charge < -0.3 is 11.1 Å². The fourth-order valence-electron chi connectivity index (χ4n) is 2.98. The summed E-state index contributed by atoms with van der Waals surface area (Å²) < 4.78 is 1.81. The molecular formula is C21H29Cl2N5O. The average molecular weight is 438 g/mol. The molecule has 1 atom stereocenters. The number of rotatable bonds is 6. The zero-order chi connectivity index (χ0) is 19.6. The summed E-state index contributed by atoms with van der Waals surface area (Å²) in [5.41, 5.74) is 8.46. The van der Waals surface area contributed by atoms with E-state index in [1.54, 1.807) is 6.20 Å². The maximum atomic E-state index is 13.2. The highest BCUT2D eigenvalue weighted by molar-refractivity contribution is 6.06. The molecule has 8 heteroatoms. The van der Waals surface area contributed by atoms with Gasteiger partial charge in [-0.25, -0.2) is 9.67 Å². The number of carbonyl (C=O) groups is 1. The molecule has 0 saturated heterocycles. The van der Waals surface area contributed by atoms with Gasteiger partial charge in [-0.05, 0) is 25.8 Å². The number of hydrogen-bond donors (Lipinski definition) is 2. The van der Waals surface area contributed by atoms with Crippen LogP contribution in [0.5, 0.6) is 0 Å². The summed E-state index contributed by atoms with van der Waals surface area (Å²) in [6.45, 7) is 9.14. The highest BCUT2D eigenvalue weighted by Gasteiger charge is 2.30. The Kier molecular flexibility index (Phi) is 8.63. The average Bonchev–Trinajstić information content (AvgIpc) is 3.10. The Morgan fingerprint density at radius 1 is 1.24 bits per heavy atom. The predicted molar refractivity (Wildman–Crippen MR) is 123 cm³/mol. The molecule has 1 unspecified atom stereocenters. The van der Waals surface area contributed by atoms with E-state index in [-0.39, 0.29) is 36.6 Å². The van der Waals surface area contributed by atoms with Crippen LogP contribution in [0.1, 0.15) is 38.1 Å². The van der Waals surface area contributed by atoms with Crippen LogP contribution in [0.15, 0.2) is 42.6 Å². The van der Waals surface area contributed by atoms with Crippen LogP contribution in [0.2, 0.25) is 0 Å². The molecule has 0 aliphatic heterocycles. The van der Waals surface area contributed by atoms with E-state index in [0.29, 0.717) is 24.3 Å². The minimum Gasteiger partial charge on any atom is -0.345 e. The maximum Gasteiger partial charge on any atom is 0.252 e. The topological polar surface area (TPSA) is 85.8 Å². The maximum absolute atomic E-state index is 13.2. The van der Waals surface area contributed by atoms with E-state index < -0.39 is 5.54 Å². The Morgan fingerprint density at radius 3 is 2.45 bits per heavy atom. The zero-order valence-electron chi connectivity index (χ0n) is 17.2. The second-order valence-corrected chi connectivity index (χ2v) is 7.35. The molecule has 2 heterocycles. The lowest BCUT2D eigenvalue weighted by atomic mass is 9.88. The number of nitrogens with zero attached hydrogens (tertiary/aromatic N) is 3. The molecule has 0 aliphatic carbocycles. The Hall–Kier alpha value is -2.15. The van der Waals surface area contributed by atoms with Gasteiger partial charge in [0.05, 0.1) is 28.4 Å². The minimum absolute atomic E-state index is 0. The lowest BCUT2D eigenvalue weighted by Gasteiger charge is -2.33. The van der Waals surface area contributed by atoms with Crippen molar-refractivity contribution < 1.29 is 4.79 Å². The number of nitrogens with two attached hydrogens (primary N) is 1. The summed E-state index contributed by atoms with van der Waals surface area (Å²) in [4.78, 5) is 18.0. The minimum atomic E-state index is -0.486. The normalized spacial score (nSPS) is 12.8. The van der Waals surface area contributed by atoms with Crippen molar-refractivity contribution in [1.29, 1.82) is 0 Å². The van der Waals surface area contributed by atoms with Crippen LogP contribution in [-0.4, -0.2) is 32.8 Å². The Labute approximate surface area is 184 Å². The number of aromatic nitrogens is 3. The molecule has 6 nitrogen and oxygen atoms in total. The highest BCUT2D eigenvalue weighted by Crippen LogP contribution is 2.26. The van der Waals surface area contributed by atoms with Crippen LogP contribution in [0, 0.1) is 5.92 Å². The van der Waals surface area contributed by atoms with Gasteiger partial charge in [0, 0.05) is 18.7 Å². The largest absolute Gasteiger partial charge is 0.345 e. The molecule has 3 rings (SSSR count). The molecule has 1 amide bonds. The fraction of sp³-hybridized carbons (Fsp3) is 0.381. The van der Waals surface area contributed by atoms with Gasteiger partial charge in [0.15, 0.2) is 5.65 Å². The van der Waals surface area contributed by atoms with E-state index >= 15 is 0 Å². The number of pyridine rings is 1. The van der Waals surface area contributed by atoms with Gasteiger partial charge in [0.25, 0.3) is 5.91 Å². The monoisotopic (exact) mass is 437 g/mol. The summed E-state index contributed by atoms with van der Waals surface area (Å²) in [6, 6.07) is 11.7. The van der Waals surface area contributed by atoms with E-state index in [2.05, 4.69) is 24.3 Å². The van der Waals surface area contributed by atoms with Crippen LogP contribution < -0.4 is 11.1 Å². The van der Waals surface area contributed by atoms with Crippen LogP contribution in [0.4, 0.5) is 0 Å². The zero-order valence-corrected chi connectivity index (χ0v) is 18.8. The number of fused-ring (bicyclic) bond motifs is 1. The third-order valence-electron chi connectivity index (χ3n) is 5.32. The second kappa shape index (κ2) is 10.1. The van der Waals surface area contributed by atoms with E-state index in [9.17, 15) is 4.79 Å². The quantitative estimate of drug-likeness (QED) is 0.608. The molecule has 0 spiro atoms. The van der Waals surface area contributed by atoms with Crippen molar-refractivity contribution in [2.24, 2.45) is 11.7 Å². The first-order valence-electron chi connectivity index (χ1n) is 9.34. The van der Waals surface area contributed by atoms with Crippen LogP contribution >= 0.6 is 24.8 Å². The number of halogens is 2. The van der Waals surface area contributed by atoms with Gasteiger partial charge in [-0.2, -0.15) is 5.10 Å². The summed E-state index contributed by atoms with van der Waals surface area (Å²) in [7, 11) is 0. The number of nitrogens with one attached hydrogen (secondary N) is 1. The molecule has 2 aromatic heterocycles. The molecule has 158 valence electrons. The molecule has 1 aromatic carbocycles. The second-order valence-electron chi connectivity index (χ2n) is 7.35. The van der Waals surface area contributed by atoms with Crippen molar-refractivity contribution >= 4 is 41.8 Å². The van der Waals surface area contributed by atoms with Gasteiger partial charge in [-0.15, -0.1) is 24.8 Å². The fourth-order valence-corrected chi connectivity index (χ4v) is 2.98. The van der Waals surface area contributed by atoms with E-state index in [4.69, 9.17) is 10.7 Å². The van der Waals surface area contributed by atoms with Crippen molar-refractivity contribution in [3.63, 3.8) is 0 Å². The lowest BCUT2D eigenvalue weighted by Crippen LogP contribution is -2.55. The number of amides is 1. The molecular weight excluding hydrogens is 409 g/mol. The number of hydrogen-bond acceptors (Lipinski definition) is 4. The van der Waals surface area contributed by atoms with Gasteiger partial charge >= 0.3 is 0 Å². The SMILES string of the molecule is CCn1ncc2c(C(=O)NC(C)(CN)C(C)C)cc(-c3ccccc3)nc21.Cl.Cl. The highest BCUT2D eigenvalue weighted by atomic mass is 35.5. The first-order chi connectivity index (χ1) is 12.9. The van der Waals surface area contributed by atoms with Gasteiger partial charge in [0.1, 0.15) is 0 Å². The number of aryl methyl sites for hydroxylation is 1. The van der Waals surface area contributed by atoms with Gasteiger partial charge in [-0.3, -0.25) is 4.79 Å². The third-order valence-corrected chi connectivity index (χ3v) is 5.32. The molecule has 0 bridgehead atoms. The standard InChI is InChI=1S/C21H27N5O.2ClH/c1-5-26-19-17(12-23-26)16(20(27)25-21(4,13-22)14(2)3)11-18(24-19)15-9-7-6-8-10-15;;/h6-12,14H,5,13,22H2,1-4H3,(H,25,27);2*1H. The summed E-state index contributed by atoms with van der Waals surface area (Å²) in [5.74, 6) is 0.0487. The van der Waals surface area contributed by atoms with Crippen LogP contribution in [-0.2, 0) is 6.54 Å². The number of carbonyl (C=O) groups excluding carboxylic acids is 1. The molecule has 3 aromatic rings. The van der Waals surface area contributed by atoms with Crippen LogP contribution in [0.25, 0.3) is 22.3 Å². The van der Waals surface area contributed by atoms with Crippen molar-refractivity contribution in [2.45, 2.75) is 39.8 Å². The molecule has 0 radical (unpaired) electrons. The summed E-state index contributed by atoms with van der Waals surface area (Å²) >= 11 is 0. The third kappa shape index (κ3) is 4.89. The molecule has 29 heavy (non-hydrogen) atoms. The summed E-state index contributed by atoms with van der Waals surface area (Å²) in [6.07, 6.45) is 1.71. The lowest BCUT2D eigenvalue weighted by molar-refractivity contribution is 0.0885. The smallest absolute Gasteiger partial charge is 0.252 e. The van der Waals surface area contributed by atoms with Crippen molar-refractivity contribution in [3.8, 4) is 11.3 Å². The molecule has 0 aliphatic rings. The van der Waals surface area contributed by atoms with E-state index in [1.165, 1.54) is 0 Å². The Bertz CT molecular complexity index is 958.